The first-order chi connectivity index (χ1) is 6.16. The number of carboxylic acids is 1. The van der Waals surface area contributed by atoms with Crippen molar-refractivity contribution in [1.82, 2.24) is 0 Å². The summed E-state index contributed by atoms with van der Waals surface area (Å²) >= 11 is 0. The van der Waals surface area contributed by atoms with E-state index in [4.69, 9.17) is 9.84 Å². The van der Waals surface area contributed by atoms with E-state index in [1.54, 1.807) is 0 Å². The lowest BCUT2D eigenvalue weighted by Gasteiger charge is -2.08. The third-order valence-electron chi connectivity index (χ3n) is 2.13. The Morgan fingerprint density at radius 3 is 2.69 bits per heavy atom. The molecule has 1 aliphatic carbocycles. The standard InChI is InChI=1S/C10H14O3/c1-3-13-7(2)8-5-4-6-9(8)10(11)12/h2-6H2,1H3,(H,11,12). The molecule has 0 aromatic rings. The molecule has 0 fully saturated rings. The fourth-order valence-electron chi connectivity index (χ4n) is 1.55. The van der Waals surface area contributed by atoms with Crippen LogP contribution in [0.15, 0.2) is 23.5 Å². The van der Waals surface area contributed by atoms with Crippen LogP contribution >= 0.6 is 0 Å². The van der Waals surface area contributed by atoms with E-state index >= 15 is 0 Å². The first-order valence-electron chi connectivity index (χ1n) is 4.44. The van der Waals surface area contributed by atoms with Crippen molar-refractivity contribution in [2.75, 3.05) is 6.61 Å². The molecule has 0 aromatic heterocycles. The molecule has 0 radical (unpaired) electrons. The molecule has 0 amide bonds. The van der Waals surface area contributed by atoms with Crippen LogP contribution in [0.1, 0.15) is 26.2 Å². The number of allylic oxidation sites excluding steroid dienone is 1. The largest absolute Gasteiger partial charge is 0.494 e. The van der Waals surface area contributed by atoms with Gasteiger partial charge < -0.3 is 9.84 Å². The topological polar surface area (TPSA) is 46.5 Å². The second-order valence-corrected chi connectivity index (χ2v) is 2.97. The predicted molar refractivity (Wildman–Crippen MR) is 49.3 cm³/mol. The van der Waals surface area contributed by atoms with Gasteiger partial charge in [0.25, 0.3) is 0 Å². The maximum Gasteiger partial charge on any atom is 0.331 e. The monoisotopic (exact) mass is 182 g/mol. The molecule has 0 heterocycles. The molecule has 13 heavy (non-hydrogen) atoms. The lowest BCUT2D eigenvalue weighted by Crippen LogP contribution is -2.02. The van der Waals surface area contributed by atoms with Crippen LogP contribution in [0.4, 0.5) is 0 Å². The summed E-state index contributed by atoms with van der Waals surface area (Å²) in [7, 11) is 0. The van der Waals surface area contributed by atoms with Crippen LogP contribution in [0.5, 0.6) is 0 Å². The van der Waals surface area contributed by atoms with E-state index < -0.39 is 5.97 Å². The molecule has 1 aliphatic rings. The molecule has 1 rings (SSSR count). The normalized spacial score (nSPS) is 16.1. The number of hydrogen-bond donors (Lipinski definition) is 1. The number of hydrogen-bond acceptors (Lipinski definition) is 2. The van der Waals surface area contributed by atoms with Gasteiger partial charge in [-0.2, -0.15) is 0 Å². The number of carboxylic acid groups (broad SMARTS) is 1. The molecule has 1 N–H and O–H groups in total. The minimum absolute atomic E-state index is 0.471. The second-order valence-electron chi connectivity index (χ2n) is 2.97. The minimum atomic E-state index is -0.839. The lowest BCUT2D eigenvalue weighted by molar-refractivity contribution is -0.132. The Kier molecular flexibility index (Phi) is 3.12. The van der Waals surface area contributed by atoms with Crippen molar-refractivity contribution < 1.29 is 14.6 Å². The summed E-state index contributed by atoms with van der Waals surface area (Å²) in [6, 6.07) is 0. The summed E-state index contributed by atoms with van der Waals surface area (Å²) < 4.78 is 5.19. The molecule has 0 saturated carbocycles. The van der Waals surface area contributed by atoms with Gasteiger partial charge >= 0.3 is 5.97 Å². The predicted octanol–water partition coefficient (Wildman–Crippen LogP) is 2.10. The summed E-state index contributed by atoms with van der Waals surface area (Å²) in [5.74, 6) is -0.314. The smallest absolute Gasteiger partial charge is 0.331 e. The Morgan fingerprint density at radius 2 is 2.15 bits per heavy atom. The Hall–Kier alpha value is -1.25. The first-order valence-corrected chi connectivity index (χ1v) is 4.44. The van der Waals surface area contributed by atoms with Gasteiger partial charge in [-0.1, -0.05) is 6.58 Å². The SMILES string of the molecule is C=C(OCC)C1=C(C(=O)O)CCC1. The van der Waals surface area contributed by atoms with Gasteiger partial charge in [0.1, 0.15) is 5.76 Å². The van der Waals surface area contributed by atoms with Crippen molar-refractivity contribution in [3.63, 3.8) is 0 Å². The molecule has 0 atom stereocenters. The molecule has 0 spiro atoms. The molecule has 3 heteroatoms. The maximum atomic E-state index is 10.8. The molecule has 0 aromatic carbocycles. The summed E-state index contributed by atoms with van der Waals surface area (Å²) in [6.45, 7) is 6.11. The molecule has 3 nitrogen and oxygen atoms in total. The summed E-state index contributed by atoms with van der Waals surface area (Å²) in [5, 5.41) is 8.85. The highest BCUT2D eigenvalue weighted by Gasteiger charge is 2.22. The number of ether oxygens (including phenoxy) is 1. The van der Waals surface area contributed by atoms with Gasteiger partial charge in [-0.05, 0) is 26.2 Å². The molecular formula is C10H14O3. The van der Waals surface area contributed by atoms with Crippen molar-refractivity contribution in [2.45, 2.75) is 26.2 Å². The van der Waals surface area contributed by atoms with E-state index in [1.807, 2.05) is 6.92 Å². The van der Waals surface area contributed by atoms with Crippen molar-refractivity contribution in [3.8, 4) is 0 Å². The van der Waals surface area contributed by atoms with Gasteiger partial charge in [-0.15, -0.1) is 0 Å². The third kappa shape index (κ3) is 2.11. The summed E-state index contributed by atoms with van der Waals surface area (Å²) in [5.41, 5.74) is 1.26. The summed E-state index contributed by atoms with van der Waals surface area (Å²) in [6.07, 6.45) is 2.31. The molecular weight excluding hydrogens is 168 g/mol. The molecule has 0 unspecified atom stereocenters. The van der Waals surface area contributed by atoms with Gasteiger partial charge in [-0.3, -0.25) is 0 Å². The number of carbonyl (C=O) groups is 1. The minimum Gasteiger partial charge on any atom is -0.494 e. The highest BCUT2D eigenvalue weighted by Crippen LogP contribution is 2.31. The Labute approximate surface area is 77.7 Å². The van der Waals surface area contributed by atoms with E-state index in [9.17, 15) is 4.79 Å². The van der Waals surface area contributed by atoms with Gasteiger partial charge in [0.05, 0.1) is 6.61 Å². The van der Waals surface area contributed by atoms with E-state index in [0.29, 0.717) is 24.4 Å². The van der Waals surface area contributed by atoms with Crippen LogP contribution in [-0.2, 0) is 9.53 Å². The highest BCUT2D eigenvalue weighted by atomic mass is 16.5. The zero-order chi connectivity index (χ0) is 9.84. The van der Waals surface area contributed by atoms with Crippen LogP contribution in [0, 0.1) is 0 Å². The highest BCUT2D eigenvalue weighted by molar-refractivity contribution is 5.89. The van der Waals surface area contributed by atoms with Crippen LogP contribution in [-0.4, -0.2) is 17.7 Å². The molecule has 0 bridgehead atoms. The van der Waals surface area contributed by atoms with Crippen LogP contribution in [0.2, 0.25) is 0 Å². The summed E-state index contributed by atoms with van der Waals surface area (Å²) in [4.78, 5) is 10.8. The second kappa shape index (κ2) is 4.12. The Balaban J connectivity index is 2.81. The van der Waals surface area contributed by atoms with Crippen LogP contribution in [0.3, 0.4) is 0 Å². The van der Waals surface area contributed by atoms with Crippen molar-refractivity contribution in [3.05, 3.63) is 23.5 Å². The Morgan fingerprint density at radius 1 is 1.54 bits per heavy atom. The van der Waals surface area contributed by atoms with E-state index in [-0.39, 0.29) is 0 Å². The first kappa shape index (κ1) is 9.84. The van der Waals surface area contributed by atoms with Crippen molar-refractivity contribution in [2.24, 2.45) is 0 Å². The third-order valence-corrected chi connectivity index (χ3v) is 2.13. The van der Waals surface area contributed by atoms with Gasteiger partial charge in [0, 0.05) is 11.1 Å². The van der Waals surface area contributed by atoms with E-state index in [1.165, 1.54) is 0 Å². The van der Waals surface area contributed by atoms with Crippen molar-refractivity contribution >= 4 is 5.97 Å². The van der Waals surface area contributed by atoms with E-state index in [0.717, 1.165) is 18.4 Å². The zero-order valence-corrected chi connectivity index (χ0v) is 7.80. The molecule has 0 aliphatic heterocycles. The van der Waals surface area contributed by atoms with Gasteiger partial charge in [0.2, 0.25) is 0 Å². The lowest BCUT2D eigenvalue weighted by atomic mass is 10.1. The fourth-order valence-corrected chi connectivity index (χ4v) is 1.55. The Bertz CT molecular complexity index is 263. The molecule has 0 saturated heterocycles. The van der Waals surface area contributed by atoms with Crippen LogP contribution < -0.4 is 0 Å². The number of aliphatic carboxylic acids is 1. The quantitative estimate of drug-likeness (QED) is 0.677. The van der Waals surface area contributed by atoms with Crippen molar-refractivity contribution in [1.29, 1.82) is 0 Å². The molecule has 72 valence electrons. The number of rotatable bonds is 4. The fraction of sp³-hybridized carbons (Fsp3) is 0.500. The average molecular weight is 182 g/mol. The average Bonchev–Trinajstić information content (AvgIpc) is 2.52. The van der Waals surface area contributed by atoms with Gasteiger partial charge in [0.15, 0.2) is 0 Å². The zero-order valence-electron chi connectivity index (χ0n) is 7.80. The maximum absolute atomic E-state index is 10.8. The van der Waals surface area contributed by atoms with Crippen LogP contribution in [0.25, 0.3) is 0 Å². The van der Waals surface area contributed by atoms with E-state index in [2.05, 4.69) is 6.58 Å². The van der Waals surface area contributed by atoms with Gasteiger partial charge in [-0.25, -0.2) is 4.79 Å².